The Bertz CT molecular complexity index is 806. The summed E-state index contributed by atoms with van der Waals surface area (Å²) in [5.74, 6) is -0.990. The number of nitro benzene ring substituents is 1. The number of amides is 2. The summed E-state index contributed by atoms with van der Waals surface area (Å²) in [5, 5.41) is 11.9. The number of methoxy groups -OCH3 is 2. The van der Waals surface area contributed by atoms with E-state index in [2.05, 4.69) is 0 Å². The number of hydrogen-bond donors (Lipinski definition) is 0. The van der Waals surface area contributed by atoms with Gasteiger partial charge in [0.15, 0.2) is 11.5 Å². The molecule has 1 aliphatic rings. The van der Waals surface area contributed by atoms with Crippen molar-refractivity contribution in [3.05, 3.63) is 27.8 Å². The predicted molar refractivity (Wildman–Crippen MR) is 97.0 cm³/mol. The zero-order chi connectivity index (χ0) is 21.7. The summed E-state index contributed by atoms with van der Waals surface area (Å²) in [4.78, 5) is 51.1. The monoisotopic (exact) mass is 410 g/mol. The van der Waals surface area contributed by atoms with E-state index in [1.54, 1.807) is 0 Å². The van der Waals surface area contributed by atoms with Crippen LogP contribution in [0.4, 0.5) is 10.5 Å². The first-order chi connectivity index (χ1) is 13.7. The fourth-order valence-electron chi connectivity index (χ4n) is 2.84. The highest BCUT2D eigenvalue weighted by Gasteiger charge is 2.35. The van der Waals surface area contributed by atoms with Crippen LogP contribution in [0.2, 0.25) is 0 Å². The van der Waals surface area contributed by atoms with Crippen LogP contribution < -0.4 is 9.47 Å². The highest BCUT2D eigenvalue weighted by atomic mass is 16.8. The average molecular weight is 410 g/mol. The van der Waals surface area contributed by atoms with E-state index in [0.717, 1.165) is 0 Å². The van der Waals surface area contributed by atoms with Crippen molar-refractivity contribution in [2.75, 3.05) is 14.2 Å². The topological polar surface area (TPSA) is 135 Å². The molecule has 2 amide bonds. The molecule has 2 rings (SSSR count). The van der Waals surface area contributed by atoms with Crippen molar-refractivity contribution in [2.45, 2.75) is 39.2 Å². The summed E-state index contributed by atoms with van der Waals surface area (Å²) in [5.41, 5.74) is -0.271. The lowest BCUT2D eigenvalue weighted by atomic mass is 9.97. The lowest BCUT2D eigenvalue weighted by molar-refractivity contribution is -0.386. The molecule has 0 aliphatic carbocycles. The van der Waals surface area contributed by atoms with Gasteiger partial charge in [0.2, 0.25) is 0 Å². The van der Waals surface area contributed by atoms with Crippen LogP contribution in [0.1, 0.15) is 44.8 Å². The van der Waals surface area contributed by atoms with Crippen molar-refractivity contribution in [1.29, 1.82) is 0 Å². The minimum absolute atomic E-state index is 0.0180. The SMILES string of the molecule is COc1cc(C(CC(C)C)OC(=O)ON2C(=O)CCC2=O)c([N+](=O)[O-])cc1OC. The fraction of sp³-hybridized carbons (Fsp3) is 0.500. The van der Waals surface area contributed by atoms with E-state index in [-0.39, 0.29) is 47.9 Å². The normalized spacial score (nSPS) is 14.7. The molecule has 1 atom stereocenters. The van der Waals surface area contributed by atoms with Crippen molar-refractivity contribution < 1.29 is 38.4 Å². The molecule has 1 heterocycles. The third-order valence-corrected chi connectivity index (χ3v) is 4.17. The number of imide groups is 1. The highest BCUT2D eigenvalue weighted by molar-refractivity contribution is 6.01. The van der Waals surface area contributed by atoms with Crippen LogP contribution in [-0.2, 0) is 19.2 Å². The van der Waals surface area contributed by atoms with E-state index in [0.29, 0.717) is 5.06 Å². The first-order valence-electron chi connectivity index (χ1n) is 8.82. The van der Waals surface area contributed by atoms with Gasteiger partial charge in [-0.1, -0.05) is 18.9 Å². The summed E-state index contributed by atoms with van der Waals surface area (Å²) >= 11 is 0. The summed E-state index contributed by atoms with van der Waals surface area (Å²) in [6, 6.07) is 2.52. The standard InChI is InChI=1S/C18H22N2O9/c1-10(2)7-13(28-18(23)29-19-16(21)5-6-17(19)22)11-8-14(26-3)15(27-4)9-12(11)20(24)25/h8-10,13H,5-7H2,1-4H3. The molecule has 1 aliphatic heterocycles. The van der Waals surface area contributed by atoms with Gasteiger partial charge in [-0.3, -0.25) is 24.5 Å². The minimum atomic E-state index is -1.32. The van der Waals surface area contributed by atoms with Crippen LogP contribution in [0.3, 0.4) is 0 Å². The predicted octanol–water partition coefficient (Wildman–Crippen LogP) is 2.92. The molecule has 1 saturated heterocycles. The molecular weight excluding hydrogens is 388 g/mol. The van der Waals surface area contributed by atoms with Gasteiger partial charge in [-0.25, -0.2) is 4.79 Å². The minimum Gasteiger partial charge on any atom is -0.493 e. The number of hydrogen-bond acceptors (Lipinski definition) is 9. The first-order valence-corrected chi connectivity index (χ1v) is 8.82. The van der Waals surface area contributed by atoms with Gasteiger partial charge in [-0.15, -0.1) is 0 Å². The molecule has 1 aromatic carbocycles. The van der Waals surface area contributed by atoms with Gasteiger partial charge >= 0.3 is 6.16 Å². The van der Waals surface area contributed by atoms with Crippen molar-refractivity contribution in [3.8, 4) is 11.5 Å². The molecule has 0 radical (unpaired) electrons. The van der Waals surface area contributed by atoms with Crippen LogP contribution in [0.5, 0.6) is 11.5 Å². The second-order valence-electron chi connectivity index (χ2n) is 6.68. The smallest absolute Gasteiger partial charge is 0.493 e. The Kier molecular flexibility index (Phi) is 6.97. The second-order valence-corrected chi connectivity index (χ2v) is 6.68. The number of ether oxygens (including phenoxy) is 3. The van der Waals surface area contributed by atoms with E-state index in [9.17, 15) is 24.5 Å². The number of carbonyl (C=O) groups is 3. The Morgan fingerprint density at radius 1 is 1.14 bits per heavy atom. The Labute approximate surface area is 166 Å². The van der Waals surface area contributed by atoms with Gasteiger partial charge in [-0.05, 0) is 18.4 Å². The molecule has 0 aromatic heterocycles. The van der Waals surface area contributed by atoms with E-state index in [1.165, 1.54) is 26.4 Å². The first kappa shape index (κ1) is 21.9. The highest BCUT2D eigenvalue weighted by Crippen LogP contribution is 2.40. The van der Waals surface area contributed by atoms with Crippen LogP contribution in [0, 0.1) is 16.0 Å². The maximum Gasteiger partial charge on any atom is 0.534 e. The van der Waals surface area contributed by atoms with Crippen molar-refractivity contribution in [3.63, 3.8) is 0 Å². The third-order valence-electron chi connectivity index (χ3n) is 4.17. The molecular formula is C18H22N2O9. The van der Waals surface area contributed by atoms with E-state index in [1.807, 2.05) is 13.8 Å². The van der Waals surface area contributed by atoms with Crippen molar-refractivity contribution in [2.24, 2.45) is 5.92 Å². The lowest BCUT2D eigenvalue weighted by Crippen LogP contribution is -2.33. The van der Waals surface area contributed by atoms with Crippen molar-refractivity contribution in [1.82, 2.24) is 5.06 Å². The van der Waals surface area contributed by atoms with Crippen LogP contribution >= 0.6 is 0 Å². The average Bonchev–Trinajstić information content (AvgIpc) is 2.97. The van der Waals surface area contributed by atoms with E-state index in [4.69, 9.17) is 19.0 Å². The zero-order valence-corrected chi connectivity index (χ0v) is 16.5. The zero-order valence-electron chi connectivity index (χ0n) is 16.5. The van der Waals surface area contributed by atoms with Gasteiger partial charge < -0.3 is 14.2 Å². The number of hydroxylamine groups is 2. The Morgan fingerprint density at radius 2 is 1.69 bits per heavy atom. The number of nitro groups is 1. The molecule has 11 heteroatoms. The Morgan fingerprint density at radius 3 is 2.17 bits per heavy atom. The van der Waals surface area contributed by atoms with E-state index >= 15 is 0 Å². The van der Waals surface area contributed by atoms with Gasteiger partial charge in [0, 0.05) is 12.8 Å². The van der Waals surface area contributed by atoms with Crippen molar-refractivity contribution >= 4 is 23.7 Å². The van der Waals surface area contributed by atoms with Gasteiger partial charge in [0.25, 0.3) is 17.5 Å². The second kappa shape index (κ2) is 9.22. The van der Waals surface area contributed by atoms with Gasteiger partial charge in [-0.2, -0.15) is 0 Å². The molecule has 29 heavy (non-hydrogen) atoms. The maximum atomic E-state index is 12.2. The molecule has 0 N–H and O–H groups in total. The summed E-state index contributed by atoms with van der Waals surface area (Å²) in [6.45, 7) is 3.67. The third kappa shape index (κ3) is 5.12. The quantitative estimate of drug-likeness (QED) is 0.274. The Balaban J connectivity index is 2.36. The number of nitrogens with zero attached hydrogens (tertiary/aromatic N) is 2. The molecule has 0 saturated carbocycles. The van der Waals surface area contributed by atoms with E-state index < -0.39 is 29.0 Å². The number of rotatable bonds is 8. The molecule has 1 fully saturated rings. The molecule has 1 aromatic rings. The lowest BCUT2D eigenvalue weighted by Gasteiger charge is -2.22. The van der Waals surface area contributed by atoms with Crippen LogP contribution in [-0.4, -0.2) is 42.2 Å². The van der Waals surface area contributed by atoms with Crippen LogP contribution in [0.15, 0.2) is 12.1 Å². The number of benzene rings is 1. The summed E-state index contributed by atoms with van der Waals surface area (Å²) < 4.78 is 15.5. The summed E-state index contributed by atoms with van der Waals surface area (Å²) in [7, 11) is 2.70. The Hall–Kier alpha value is -3.37. The van der Waals surface area contributed by atoms with Crippen LogP contribution in [0.25, 0.3) is 0 Å². The number of carbonyl (C=O) groups excluding carboxylic acids is 3. The molecule has 0 spiro atoms. The molecule has 11 nitrogen and oxygen atoms in total. The van der Waals surface area contributed by atoms with Gasteiger partial charge in [0.1, 0.15) is 6.10 Å². The molecule has 0 bridgehead atoms. The van der Waals surface area contributed by atoms with Gasteiger partial charge in [0.05, 0.1) is 30.8 Å². The molecule has 158 valence electrons. The fourth-order valence-corrected chi connectivity index (χ4v) is 2.84. The largest absolute Gasteiger partial charge is 0.534 e. The maximum absolute atomic E-state index is 12.2. The molecule has 1 unspecified atom stereocenters. The summed E-state index contributed by atoms with van der Waals surface area (Å²) in [6.07, 6.45) is -2.32.